The first-order chi connectivity index (χ1) is 6.72. The average molecular weight is 200 g/mol. The molecule has 1 saturated heterocycles. The van der Waals surface area contributed by atoms with E-state index in [0.717, 1.165) is 19.5 Å². The van der Waals surface area contributed by atoms with Gasteiger partial charge in [-0.15, -0.1) is 0 Å². The predicted molar refractivity (Wildman–Crippen MR) is 54.9 cm³/mol. The smallest absolute Gasteiger partial charge is 0.220 e. The Labute approximate surface area is 85.1 Å². The van der Waals surface area contributed by atoms with Gasteiger partial charge in [0.15, 0.2) is 0 Å². The molecule has 0 radical (unpaired) electrons. The summed E-state index contributed by atoms with van der Waals surface area (Å²) < 4.78 is 0. The number of carbonyl (C=O) groups excluding carboxylic acids is 1. The van der Waals surface area contributed by atoms with Crippen LogP contribution in [-0.2, 0) is 4.79 Å². The molecule has 0 spiro atoms. The van der Waals surface area contributed by atoms with Gasteiger partial charge in [0.1, 0.15) is 0 Å². The third-order valence-electron chi connectivity index (χ3n) is 2.62. The molecular weight excluding hydrogens is 180 g/mol. The Bertz CT molecular complexity index is 179. The van der Waals surface area contributed by atoms with Crippen molar-refractivity contribution in [1.29, 1.82) is 0 Å². The minimum Gasteiger partial charge on any atom is -0.394 e. The number of nitrogens with one attached hydrogen (secondary N) is 2. The maximum Gasteiger partial charge on any atom is 0.220 e. The number of aliphatic hydroxyl groups is 1. The molecule has 1 aliphatic heterocycles. The molecule has 4 nitrogen and oxygen atoms in total. The molecule has 2 atom stereocenters. The number of hydrogen-bond donors (Lipinski definition) is 3. The van der Waals surface area contributed by atoms with E-state index in [1.807, 2.05) is 0 Å². The van der Waals surface area contributed by atoms with E-state index in [1.54, 1.807) is 6.92 Å². The second kappa shape index (κ2) is 5.98. The number of amides is 1. The van der Waals surface area contributed by atoms with Crippen LogP contribution in [0.4, 0.5) is 0 Å². The van der Waals surface area contributed by atoms with Crippen molar-refractivity contribution in [3.8, 4) is 0 Å². The zero-order chi connectivity index (χ0) is 10.4. The highest BCUT2D eigenvalue weighted by atomic mass is 16.3. The Kier molecular flexibility index (Phi) is 4.90. The van der Waals surface area contributed by atoms with E-state index in [1.165, 1.54) is 6.42 Å². The Hall–Kier alpha value is -0.610. The van der Waals surface area contributed by atoms with E-state index < -0.39 is 0 Å². The average Bonchev–Trinajstić information content (AvgIpc) is 2.67. The molecule has 14 heavy (non-hydrogen) atoms. The first-order valence-corrected chi connectivity index (χ1v) is 5.33. The van der Waals surface area contributed by atoms with Crippen molar-refractivity contribution in [2.75, 3.05) is 19.7 Å². The topological polar surface area (TPSA) is 61.4 Å². The minimum absolute atomic E-state index is 0.0106. The molecule has 1 heterocycles. The summed E-state index contributed by atoms with van der Waals surface area (Å²) in [5.74, 6) is 0.712. The molecule has 0 saturated carbocycles. The maximum absolute atomic E-state index is 11.3. The Balaban J connectivity index is 2.08. The van der Waals surface area contributed by atoms with Crippen LogP contribution in [0, 0.1) is 5.92 Å². The number of aliphatic hydroxyl groups excluding tert-OH is 1. The van der Waals surface area contributed by atoms with Gasteiger partial charge >= 0.3 is 0 Å². The third-order valence-corrected chi connectivity index (χ3v) is 2.62. The van der Waals surface area contributed by atoms with E-state index in [9.17, 15) is 4.79 Å². The van der Waals surface area contributed by atoms with Crippen LogP contribution in [-0.4, -0.2) is 36.8 Å². The lowest BCUT2D eigenvalue weighted by Crippen LogP contribution is -2.35. The van der Waals surface area contributed by atoms with E-state index >= 15 is 0 Å². The van der Waals surface area contributed by atoms with Gasteiger partial charge in [-0.1, -0.05) is 0 Å². The lowest BCUT2D eigenvalue weighted by molar-refractivity contribution is -0.122. The fourth-order valence-electron chi connectivity index (χ4n) is 1.69. The van der Waals surface area contributed by atoms with Crippen molar-refractivity contribution < 1.29 is 9.90 Å². The van der Waals surface area contributed by atoms with Gasteiger partial charge in [-0.25, -0.2) is 0 Å². The fraction of sp³-hybridized carbons (Fsp3) is 0.900. The summed E-state index contributed by atoms with van der Waals surface area (Å²) in [5, 5.41) is 14.8. The molecule has 1 amide bonds. The van der Waals surface area contributed by atoms with Gasteiger partial charge in [0.2, 0.25) is 5.91 Å². The number of carbonyl (C=O) groups is 1. The van der Waals surface area contributed by atoms with Gasteiger partial charge in [-0.2, -0.15) is 0 Å². The van der Waals surface area contributed by atoms with Gasteiger partial charge < -0.3 is 15.7 Å². The van der Waals surface area contributed by atoms with Gasteiger partial charge in [-0.3, -0.25) is 4.79 Å². The monoisotopic (exact) mass is 200 g/mol. The summed E-state index contributed by atoms with van der Waals surface area (Å²) in [6, 6.07) is -0.121. The summed E-state index contributed by atoms with van der Waals surface area (Å²) >= 11 is 0. The first-order valence-electron chi connectivity index (χ1n) is 5.33. The van der Waals surface area contributed by atoms with Gasteiger partial charge in [0, 0.05) is 12.5 Å². The summed E-state index contributed by atoms with van der Waals surface area (Å²) in [6.07, 6.45) is 2.72. The standard InChI is InChI=1S/C10H20N2O2/c1-8(7-13)12-10(14)3-2-9-4-5-11-6-9/h8-9,11,13H,2-7H2,1H3,(H,12,14)/t8-,9?/m0/s1. The molecule has 0 bridgehead atoms. The van der Waals surface area contributed by atoms with Crippen molar-refractivity contribution in [1.82, 2.24) is 10.6 Å². The van der Waals surface area contributed by atoms with Gasteiger partial charge in [-0.05, 0) is 38.8 Å². The summed E-state index contributed by atoms with van der Waals surface area (Å²) in [7, 11) is 0. The number of rotatable bonds is 5. The molecule has 4 heteroatoms. The molecule has 82 valence electrons. The SMILES string of the molecule is C[C@@H](CO)NC(=O)CCC1CCNC1. The molecule has 0 aromatic carbocycles. The van der Waals surface area contributed by atoms with Crippen LogP contribution in [0.3, 0.4) is 0 Å². The van der Waals surface area contributed by atoms with Crippen molar-refractivity contribution in [3.05, 3.63) is 0 Å². The lowest BCUT2D eigenvalue weighted by atomic mass is 10.0. The van der Waals surface area contributed by atoms with Gasteiger partial charge in [0.05, 0.1) is 6.61 Å². The Morgan fingerprint density at radius 2 is 2.50 bits per heavy atom. The van der Waals surface area contributed by atoms with Crippen molar-refractivity contribution >= 4 is 5.91 Å². The molecule has 0 aromatic rings. The summed E-state index contributed by atoms with van der Waals surface area (Å²) in [5.41, 5.74) is 0. The fourth-order valence-corrected chi connectivity index (χ4v) is 1.69. The lowest BCUT2D eigenvalue weighted by Gasteiger charge is -2.12. The van der Waals surface area contributed by atoms with E-state index in [4.69, 9.17) is 5.11 Å². The van der Waals surface area contributed by atoms with Crippen molar-refractivity contribution in [3.63, 3.8) is 0 Å². The second-order valence-corrected chi connectivity index (χ2v) is 4.05. The van der Waals surface area contributed by atoms with Crippen LogP contribution in [0.2, 0.25) is 0 Å². The molecule has 1 rings (SSSR count). The van der Waals surface area contributed by atoms with Crippen LogP contribution in [0.15, 0.2) is 0 Å². The zero-order valence-corrected chi connectivity index (χ0v) is 8.75. The molecular formula is C10H20N2O2. The second-order valence-electron chi connectivity index (χ2n) is 4.05. The van der Waals surface area contributed by atoms with Crippen LogP contribution < -0.4 is 10.6 Å². The zero-order valence-electron chi connectivity index (χ0n) is 8.75. The largest absolute Gasteiger partial charge is 0.394 e. The van der Waals surface area contributed by atoms with E-state index in [2.05, 4.69) is 10.6 Å². The van der Waals surface area contributed by atoms with Crippen LogP contribution >= 0.6 is 0 Å². The molecule has 1 aliphatic rings. The highest BCUT2D eigenvalue weighted by Gasteiger charge is 2.15. The molecule has 0 aliphatic carbocycles. The minimum atomic E-state index is -0.121. The number of hydrogen-bond acceptors (Lipinski definition) is 3. The summed E-state index contributed by atoms with van der Waals surface area (Å²) in [6.45, 7) is 3.94. The normalized spacial score (nSPS) is 23.4. The highest BCUT2D eigenvalue weighted by molar-refractivity contribution is 5.76. The first kappa shape index (κ1) is 11.5. The van der Waals surface area contributed by atoms with E-state index in [-0.39, 0.29) is 18.6 Å². The molecule has 0 aromatic heterocycles. The quantitative estimate of drug-likeness (QED) is 0.579. The highest BCUT2D eigenvalue weighted by Crippen LogP contribution is 2.13. The molecule has 1 fully saturated rings. The van der Waals surface area contributed by atoms with Crippen LogP contribution in [0.5, 0.6) is 0 Å². The Morgan fingerprint density at radius 3 is 3.07 bits per heavy atom. The Morgan fingerprint density at radius 1 is 1.71 bits per heavy atom. The van der Waals surface area contributed by atoms with Crippen molar-refractivity contribution in [2.24, 2.45) is 5.92 Å². The van der Waals surface area contributed by atoms with Crippen LogP contribution in [0.25, 0.3) is 0 Å². The van der Waals surface area contributed by atoms with Gasteiger partial charge in [0.25, 0.3) is 0 Å². The van der Waals surface area contributed by atoms with E-state index in [0.29, 0.717) is 12.3 Å². The maximum atomic E-state index is 11.3. The van der Waals surface area contributed by atoms with Crippen molar-refractivity contribution in [2.45, 2.75) is 32.2 Å². The summed E-state index contributed by atoms with van der Waals surface area (Å²) in [4.78, 5) is 11.3. The molecule has 3 N–H and O–H groups in total. The predicted octanol–water partition coefficient (Wildman–Crippen LogP) is -0.127. The third kappa shape index (κ3) is 4.07. The van der Waals surface area contributed by atoms with Crippen LogP contribution in [0.1, 0.15) is 26.2 Å². The molecule has 1 unspecified atom stereocenters.